The molecular formula is C10H8O. The van der Waals surface area contributed by atoms with Crippen molar-refractivity contribution in [1.82, 2.24) is 0 Å². The molecule has 1 saturated heterocycles. The maximum absolute atomic E-state index is 4.96. The van der Waals surface area contributed by atoms with E-state index in [1.165, 1.54) is 0 Å². The van der Waals surface area contributed by atoms with Crippen molar-refractivity contribution >= 4 is 0 Å². The van der Waals surface area contributed by atoms with Crippen LogP contribution in [-0.2, 0) is 4.74 Å². The summed E-state index contributed by atoms with van der Waals surface area (Å²) in [6.45, 7) is 0.805. The molecular weight excluding hydrogens is 136 g/mol. The molecule has 1 aromatic carbocycles. The van der Waals surface area contributed by atoms with Crippen molar-refractivity contribution < 1.29 is 4.74 Å². The highest BCUT2D eigenvalue weighted by Crippen LogP contribution is 2.06. The molecule has 1 atom stereocenters. The minimum absolute atomic E-state index is 0.204. The molecule has 1 aliphatic heterocycles. The number of rotatable bonds is 0. The molecule has 0 bridgehead atoms. The van der Waals surface area contributed by atoms with Crippen LogP contribution in [0, 0.1) is 11.8 Å². The molecule has 1 aromatic rings. The van der Waals surface area contributed by atoms with Crippen LogP contribution in [0.25, 0.3) is 0 Å². The third-order valence-electron chi connectivity index (χ3n) is 1.48. The van der Waals surface area contributed by atoms with Crippen molar-refractivity contribution in [2.45, 2.75) is 6.10 Å². The fourth-order valence-corrected chi connectivity index (χ4v) is 0.817. The minimum atomic E-state index is 0.204. The van der Waals surface area contributed by atoms with Gasteiger partial charge in [-0.25, -0.2) is 0 Å². The van der Waals surface area contributed by atoms with E-state index in [1.807, 2.05) is 30.3 Å². The lowest BCUT2D eigenvalue weighted by Crippen LogP contribution is -1.76. The molecule has 1 heterocycles. The minimum Gasteiger partial charge on any atom is -0.359 e. The number of hydrogen-bond acceptors (Lipinski definition) is 1. The molecule has 1 aliphatic rings. The maximum Gasteiger partial charge on any atom is 0.142 e. The summed E-state index contributed by atoms with van der Waals surface area (Å²) in [5.41, 5.74) is 1.06. The van der Waals surface area contributed by atoms with Crippen LogP contribution in [0.4, 0.5) is 0 Å². The first kappa shape index (κ1) is 6.45. The standard InChI is InChI=1S/C10H8O/c1-2-4-9(5-3-1)6-7-10-8-11-10/h1-5,10H,8H2. The smallest absolute Gasteiger partial charge is 0.142 e. The Kier molecular flexibility index (Phi) is 1.63. The molecule has 2 rings (SSSR count). The average Bonchev–Trinajstić information content (AvgIpc) is 2.86. The summed E-state index contributed by atoms with van der Waals surface area (Å²) in [4.78, 5) is 0. The zero-order chi connectivity index (χ0) is 7.52. The molecule has 1 fully saturated rings. The van der Waals surface area contributed by atoms with E-state index in [2.05, 4.69) is 11.8 Å². The van der Waals surface area contributed by atoms with E-state index in [0.29, 0.717) is 0 Å². The molecule has 54 valence electrons. The third-order valence-corrected chi connectivity index (χ3v) is 1.48. The average molecular weight is 144 g/mol. The highest BCUT2D eigenvalue weighted by molar-refractivity contribution is 5.35. The summed E-state index contributed by atoms with van der Waals surface area (Å²) in [6.07, 6.45) is 0.204. The molecule has 0 amide bonds. The number of ether oxygens (including phenoxy) is 1. The van der Waals surface area contributed by atoms with Gasteiger partial charge in [-0.15, -0.1) is 0 Å². The van der Waals surface area contributed by atoms with E-state index in [-0.39, 0.29) is 6.10 Å². The first-order valence-electron chi connectivity index (χ1n) is 3.63. The van der Waals surface area contributed by atoms with Crippen LogP contribution in [0.1, 0.15) is 5.56 Å². The van der Waals surface area contributed by atoms with Crippen molar-refractivity contribution in [1.29, 1.82) is 0 Å². The summed E-state index contributed by atoms with van der Waals surface area (Å²) >= 11 is 0. The summed E-state index contributed by atoms with van der Waals surface area (Å²) in [5.74, 6) is 6.03. The molecule has 1 unspecified atom stereocenters. The Morgan fingerprint density at radius 1 is 1.27 bits per heavy atom. The molecule has 0 radical (unpaired) electrons. The van der Waals surface area contributed by atoms with Crippen molar-refractivity contribution in [3.63, 3.8) is 0 Å². The summed E-state index contributed by atoms with van der Waals surface area (Å²) in [5, 5.41) is 0. The zero-order valence-electron chi connectivity index (χ0n) is 6.08. The lowest BCUT2D eigenvalue weighted by atomic mass is 10.2. The number of benzene rings is 1. The molecule has 1 heteroatoms. The highest BCUT2D eigenvalue weighted by Gasteiger charge is 2.18. The fraction of sp³-hybridized carbons (Fsp3) is 0.200. The topological polar surface area (TPSA) is 12.5 Å². The predicted octanol–water partition coefficient (Wildman–Crippen LogP) is 1.44. The summed E-state index contributed by atoms with van der Waals surface area (Å²) < 4.78 is 4.96. The Balaban J connectivity index is 2.12. The van der Waals surface area contributed by atoms with E-state index < -0.39 is 0 Å². The molecule has 0 saturated carbocycles. The van der Waals surface area contributed by atoms with Gasteiger partial charge < -0.3 is 4.74 Å². The Morgan fingerprint density at radius 2 is 2.00 bits per heavy atom. The van der Waals surface area contributed by atoms with E-state index in [9.17, 15) is 0 Å². The third kappa shape index (κ3) is 1.83. The molecule has 1 nitrogen and oxygen atoms in total. The van der Waals surface area contributed by atoms with Gasteiger partial charge in [-0.3, -0.25) is 0 Å². The molecule has 11 heavy (non-hydrogen) atoms. The van der Waals surface area contributed by atoms with Gasteiger partial charge >= 0.3 is 0 Å². The van der Waals surface area contributed by atoms with E-state index in [1.54, 1.807) is 0 Å². The van der Waals surface area contributed by atoms with E-state index in [4.69, 9.17) is 4.74 Å². The maximum atomic E-state index is 4.96. The molecule has 0 aromatic heterocycles. The quantitative estimate of drug-likeness (QED) is 0.396. The van der Waals surface area contributed by atoms with Gasteiger partial charge in [-0.2, -0.15) is 0 Å². The summed E-state index contributed by atoms with van der Waals surface area (Å²) in [6, 6.07) is 9.94. The molecule has 0 spiro atoms. The second-order valence-corrected chi connectivity index (χ2v) is 2.46. The van der Waals surface area contributed by atoms with Gasteiger partial charge in [0.1, 0.15) is 6.10 Å². The molecule has 0 N–H and O–H groups in total. The molecule has 0 aliphatic carbocycles. The van der Waals surface area contributed by atoms with Crippen LogP contribution in [0.2, 0.25) is 0 Å². The van der Waals surface area contributed by atoms with E-state index >= 15 is 0 Å². The van der Waals surface area contributed by atoms with Crippen molar-refractivity contribution in [2.75, 3.05) is 6.61 Å². The lowest BCUT2D eigenvalue weighted by Gasteiger charge is -1.84. The predicted molar refractivity (Wildman–Crippen MR) is 43.1 cm³/mol. The van der Waals surface area contributed by atoms with Crippen LogP contribution in [0.5, 0.6) is 0 Å². The van der Waals surface area contributed by atoms with Crippen LogP contribution in [0.15, 0.2) is 30.3 Å². The van der Waals surface area contributed by atoms with Crippen LogP contribution < -0.4 is 0 Å². The first-order valence-corrected chi connectivity index (χ1v) is 3.63. The monoisotopic (exact) mass is 144 g/mol. The summed E-state index contributed by atoms with van der Waals surface area (Å²) in [7, 11) is 0. The fourth-order valence-electron chi connectivity index (χ4n) is 0.817. The number of epoxide rings is 1. The first-order chi connectivity index (χ1) is 5.45. The van der Waals surface area contributed by atoms with Gasteiger partial charge in [0, 0.05) is 5.56 Å². The van der Waals surface area contributed by atoms with Crippen molar-refractivity contribution in [2.24, 2.45) is 0 Å². The highest BCUT2D eigenvalue weighted by atomic mass is 16.6. The van der Waals surface area contributed by atoms with Crippen molar-refractivity contribution in [3.05, 3.63) is 35.9 Å². The normalized spacial score (nSPS) is 20.2. The van der Waals surface area contributed by atoms with Crippen molar-refractivity contribution in [3.8, 4) is 11.8 Å². The second-order valence-electron chi connectivity index (χ2n) is 2.46. The lowest BCUT2D eigenvalue weighted by molar-refractivity contribution is 0.445. The Labute approximate surface area is 66.0 Å². The number of hydrogen-bond donors (Lipinski definition) is 0. The van der Waals surface area contributed by atoms with Crippen LogP contribution in [0.3, 0.4) is 0 Å². The van der Waals surface area contributed by atoms with Gasteiger partial charge in [0.25, 0.3) is 0 Å². The van der Waals surface area contributed by atoms with Gasteiger partial charge in [-0.05, 0) is 12.1 Å². The van der Waals surface area contributed by atoms with Gasteiger partial charge in [0.15, 0.2) is 0 Å². The van der Waals surface area contributed by atoms with Crippen LogP contribution in [-0.4, -0.2) is 12.7 Å². The van der Waals surface area contributed by atoms with Crippen LogP contribution >= 0.6 is 0 Å². The Bertz CT molecular complexity index is 288. The van der Waals surface area contributed by atoms with Gasteiger partial charge in [0.05, 0.1) is 6.61 Å². The zero-order valence-corrected chi connectivity index (χ0v) is 6.08. The van der Waals surface area contributed by atoms with Gasteiger partial charge in [0.2, 0.25) is 0 Å². The Hall–Kier alpha value is -1.26. The Morgan fingerprint density at radius 3 is 2.64 bits per heavy atom. The van der Waals surface area contributed by atoms with E-state index in [0.717, 1.165) is 12.2 Å². The largest absolute Gasteiger partial charge is 0.359 e. The second kappa shape index (κ2) is 2.77. The van der Waals surface area contributed by atoms with Gasteiger partial charge in [-0.1, -0.05) is 30.0 Å². The SMILES string of the molecule is C(#CC1CO1)c1ccccc1.